The number of esters is 1. The third-order valence-corrected chi connectivity index (χ3v) is 6.11. The third kappa shape index (κ3) is 5.81. The molecule has 0 bridgehead atoms. The SMILES string of the molecule is CCOC(=O)c1cc2c(=O)n3cccc(C)c3nc2n(CCCOC(C)C)c1=NC(=O)c1ccc([N+](=O)[O-])cc1. The molecule has 0 saturated carbocycles. The molecule has 0 aliphatic carbocycles. The lowest BCUT2D eigenvalue weighted by Gasteiger charge is -2.16. The summed E-state index contributed by atoms with van der Waals surface area (Å²) in [4.78, 5) is 59.4. The van der Waals surface area contributed by atoms with Crippen molar-refractivity contribution in [3.8, 4) is 0 Å². The number of non-ortho nitro benzene ring substituents is 1. The Morgan fingerprint density at radius 1 is 1.15 bits per heavy atom. The van der Waals surface area contributed by atoms with Gasteiger partial charge in [0, 0.05) is 37.0 Å². The van der Waals surface area contributed by atoms with Crippen LogP contribution in [0.15, 0.2) is 58.4 Å². The number of hydrogen-bond donors (Lipinski definition) is 0. The molecule has 3 heterocycles. The van der Waals surface area contributed by atoms with Crippen LogP contribution in [-0.4, -0.2) is 50.1 Å². The number of hydrogen-bond acceptors (Lipinski definition) is 8. The van der Waals surface area contributed by atoms with Crippen molar-refractivity contribution in [2.45, 2.75) is 46.8 Å². The van der Waals surface area contributed by atoms with Gasteiger partial charge in [0.25, 0.3) is 17.2 Å². The van der Waals surface area contributed by atoms with Gasteiger partial charge in [-0.2, -0.15) is 4.99 Å². The fraction of sp³-hybridized carbons (Fsp3) is 0.321. The number of ether oxygens (including phenoxy) is 2. The predicted molar refractivity (Wildman–Crippen MR) is 146 cm³/mol. The molecular weight excluding hydrogens is 518 g/mol. The molecule has 0 spiro atoms. The highest BCUT2D eigenvalue weighted by molar-refractivity contribution is 5.97. The van der Waals surface area contributed by atoms with E-state index in [1.54, 1.807) is 23.8 Å². The van der Waals surface area contributed by atoms with E-state index in [1.807, 2.05) is 26.8 Å². The van der Waals surface area contributed by atoms with Crippen LogP contribution in [0.1, 0.15) is 53.5 Å². The van der Waals surface area contributed by atoms with Crippen LogP contribution >= 0.6 is 0 Å². The molecule has 0 atom stereocenters. The molecule has 0 N–H and O–H groups in total. The summed E-state index contributed by atoms with van der Waals surface area (Å²) in [5, 5.41) is 11.2. The number of aromatic nitrogens is 3. The van der Waals surface area contributed by atoms with Crippen molar-refractivity contribution in [3.63, 3.8) is 0 Å². The van der Waals surface area contributed by atoms with E-state index in [0.717, 1.165) is 5.56 Å². The molecule has 4 aromatic rings. The number of nitro benzene ring substituents is 1. The number of carbonyl (C=O) groups excluding carboxylic acids is 2. The topological polar surface area (TPSA) is 147 Å². The zero-order valence-corrected chi connectivity index (χ0v) is 22.6. The van der Waals surface area contributed by atoms with E-state index in [4.69, 9.17) is 14.5 Å². The van der Waals surface area contributed by atoms with Gasteiger partial charge in [0.15, 0.2) is 5.49 Å². The van der Waals surface area contributed by atoms with Crippen LogP contribution < -0.4 is 11.0 Å². The number of benzene rings is 1. The van der Waals surface area contributed by atoms with Gasteiger partial charge in [0.1, 0.15) is 16.9 Å². The average Bonchev–Trinajstić information content (AvgIpc) is 2.92. The molecule has 0 radical (unpaired) electrons. The quantitative estimate of drug-likeness (QED) is 0.102. The minimum absolute atomic E-state index is 0.00477. The Morgan fingerprint density at radius 2 is 1.88 bits per heavy atom. The minimum Gasteiger partial charge on any atom is -0.462 e. The zero-order valence-electron chi connectivity index (χ0n) is 22.6. The van der Waals surface area contributed by atoms with E-state index in [-0.39, 0.29) is 52.6 Å². The molecule has 1 aromatic carbocycles. The lowest BCUT2D eigenvalue weighted by Crippen LogP contribution is -2.33. The second-order valence-corrected chi connectivity index (χ2v) is 9.29. The molecule has 0 fully saturated rings. The van der Waals surface area contributed by atoms with Crippen LogP contribution in [-0.2, 0) is 16.0 Å². The van der Waals surface area contributed by atoms with Gasteiger partial charge in [0.05, 0.1) is 23.0 Å². The third-order valence-electron chi connectivity index (χ3n) is 6.11. The Balaban J connectivity index is 2.03. The Kier molecular flexibility index (Phi) is 8.49. The summed E-state index contributed by atoms with van der Waals surface area (Å²) in [7, 11) is 0. The summed E-state index contributed by atoms with van der Waals surface area (Å²) in [6.07, 6.45) is 2.06. The minimum atomic E-state index is -0.763. The second-order valence-electron chi connectivity index (χ2n) is 9.29. The number of pyridine rings is 2. The Hall–Kier alpha value is -4.71. The first kappa shape index (κ1) is 28.3. The number of aryl methyl sites for hydroxylation is 2. The molecule has 0 unspecified atom stereocenters. The highest BCUT2D eigenvalue weighted by Gasteiger charge is 2.21. The van der Waals surface area contributed by atoms with Crippen molar-refractivity contribution < 1.29 is 24.0 Å². The zero-order chi connectivity index (χ0) is 29.0. The van der Waals surface area contributed by atoms with E-state index in [9.17, 15) is 24.5 Å². The molecule has 208 valence electrons. The standard InChI is InChI=1S/C28H29N5O7/c1-5-39-28(36)22-16-21-24(29-23-18(4)8-6-13-32(23)27(21)35)31(14-7-15-40-17(2)3)25(22)30-26(34)19-9-11-20(12-10-19)33(37)38/h6,8-13,16-17H,5,7,14-15H2,1-4H3. The van der Waals surface area contributed by atoms with Crippen molar-refractivity contribution >= 4 is 34.2 Å². The first-order chi connectivity index (χ1) is 19.1. The monoisotopic (exact) mass is 547 g/mol. The first-order valence-corrected chi connectivity index (χ1v) is 12.8. The van der Waals surface area contributed by atoms with E-state index in [1.165, 1.54) is 34.7 Å². The Bertz CT molecular complexity index is 1740. The van der Waals surface area contributed by atoms with E-state index in [2.05, 4.69) is 4.99 Å². The number of amides is 1. The molecule has 0 aliphatic heterocycles. The predicted octanol–water partition coefficient (Wildman–Crippen LogP) is 3.60. The maximum absolute atomic E-state index is 13.6. The summed E-state index contributed by atoms with van der Waals surface area (Å²) in [6, 6.07) is 9.88. The molecule has 3 aromatic heterocycles. The van der Waals surface area contributed by atoms with Gasteiger partial charge < -0.3 is 14.0 Å². The fourth-order valence-electron chi connectivity index (χ4n) is 4.21. The highest BCUT2D eigenvalue weighted by Crippen LogP contribution is 2.16. The lowest BCUT2D eigenvalue weighted by atomic mass is 10.1. The van der Waals surface area contributed by atoms with Gasteiger partial charge in [-0.1, -0.05) is 6.07 Å². The van der Waals surface area contributed by atoms with Crippen molar-refractivity contribution in [1.82, 2.24) is 14.0 Å². The number of nitrogens with zero attached hydrogens (tertiary/aromatic N) is 5. The summed E-state index contributed by atoms with van der Waals surface area (Å²) in [5.41, 5.74) is 0.806. The molecule has 0 saturated heterocycles. The van der Waals surface area contributed by atoms with Crippen molar-refractivity contribution in [1.29, 1.82) is 0 Å². The maximum atomic E-state index is 13.6. The van der Waals surface area contributed by atoms with Crippen molar-refractivity contribution in [3.05, 3.63) is 91.3 Å². The van der Waals surface area contributed by atoms with Crippen LogP contribution in [0.5, 0.6) is 0 Å². The number of rotatable bonds is 9. The van der Waals surface area contributed by atoms with Crippen LogP contribution in [0.3, 0.4) is 0 Å². The fourth-order valence-corrected chi connectivity index (χ4v) is 4.21. The first-order valence-electron chi connectivity index (χ1n) is 12.8. The van der Waals surface area contributed by atoms with Crippen molar-refractivity contribution in [2.24, 2.45) is 4.99 Å². The normalized spacial score (nSPS) is 11.9. The molecule has 1 amide bonds. The van der Waals surface area contributed by atoms with Crippen LogP contribution in [0.2, 0.25) is 0 Å². The Morgan fingerprint density at radius 3 is 2.52 bits per heavy atom. The second kappa shape index (κ2) is 12.0. The lowest BCUT2D eigenvalue weighted by molar-refractivity contribution is -0.384. The van der Waals surface area contributed by atoms with Crippen LogP contribution in [0.25, 0.3) is 16.7 Å². The van der Waals surface area contributed by atoms with Gasteiger partial charge >= 0.3 is 5.97 Å². The molecule has 40 heavy (non-hydrogen) atoms. The maximum Gasteiger partial charge on any atom is 0.341 e. The highest BCUT2D eigenvalue weighted by atomic mass is 16.6. The van der Waals surface area contributed by atoms with E-state index < -0.39 is 22.4 Å². The smallest absolute Gasteiger partial charge is 0.341 e. The van der Waals surface area contributed by atoms with Gasteiger partial charge in [-0.3, -0.25) is 24.1 Å². The Labute approximate surface area is 228 Å². The molecule has 4 rings (SSSR count). The van der Waals surface area contributed by atoms with Crippen LogP contribution in [0.4, 0.5) is 5.69 Å². The largest absolute Gasteiger partial charge is 0.462 e. The van der Waals surface area contributed by atoms with Gasteiger partial charge in [0.2, 0.25) is 0 Å². The van der Waals surface area contributed by atoms with Gasteiger partial charge in [-0.15, -0.1) is 0 Å². The van der Waals surface area contributed by atoms with Crippen LogP contribution in [0, 0.1) is 17.0 Å². The van der Waals surface area contributed by atoms with E-state index >= 15 is 0 Å². The van der Waals surface area contributed by atoms with Gasteiger partial charge in [-0.05, 0) is 63.9 Å². The number of fused-ring (bicyclic) bond motifs is 2. The number of nitro groups is 1. The van der Waals surface area contributed by atoms with E-state index in [0.29, 0.717) is 18.7 Å². The molecule has 12 nitrogen and oxygen atoms in total. The van der Waals surface area contributed by atoms with Crippen molar-refractivity contribution in [2.75, 3.05) is 13.2 Å². The molecular formula is C28H29N5O7. The summed E-state index contributed by atoms with van der Waals surface area (Å²) in [5.74, 6) is -1.50. The molecule has 12 heteroatoms. The van der Waals surface area contributed by atoms with Gasteiger partial charge in [-0.25, -0.2) is 9.78 Å². The average molecular weight is 548 g/mol. The summed E-state index contributed by atoms with van der Waals surface area (Å²) < 4.78 is 13.9. The summed E-state index contributed by atoms with van der Waals surface area (Å²) in [6.45, 7) is 7.93. The summed E-state index contributed by atoms with van der Waals surface area (Å²) >= 11 is 0. The number of carbonyl (C=O) groups is 2. The molecule has 0 aliphatic rings.